The Balaban J connectivity index is 1.68. The van der Waals surface area contributed by atoms with Gasteiger partial charge in [-0.3, -0.25) is 0 Å². The Hall–Kier alpha value is -0.706. The fourth-order valence-electron chi connectivity index (χ4n) is 9.07. The molecule has 4 aliphatic rings. The standard InChI is InChI=1S/C29H54N2O4Si2/c1-28-16-15-21(30-32-3)17-20(28)11-12-22-23-13-14-24(25(31-33-4)19-34-36(5,6)7)29(23,2)18-26(27(22)28)35-37(8,9)10/h20,22-24,26-27H,11-19H2,1-10H3/b30-21+,31-25+. The number of rotatable bonds is 8. The molecule has 8 heteroatoms. The predicted molar refractivity (Wildman–Crippen MR) is 157 cm³/mol. The Morgan fingerprint density at radius 3 is 2.27 bits per heavy atom. The highest BCUT2D eigenvalue weighted by molar-refractivity contribution is 6.70. The number of nitrogens with zero attached hydrogens (tertiary/aromatic N) is 2. The summed E-state index contributed by atoms with van der Waals surface area (Å²) in [5.74, 6) is 3.14. The molecule has 0 spiro atoms. The average Bonchev–Trinajstić information content (AvgIpc) is 3.11. The zero-order valence-electron chi connectivity index (χ0n) is 25.4. The van der Waals surface area contributed by atoms with Gasteiger partial charge in [-0.25, -0.2) is 0 Å². The SMILES string of the molecule is CO/N=C(\CO[Si](C)(C)C)C1CCC2C3CCC4C/C(=N/OC)CCC4(C)C3C(O[Si](C)(C)C)CC12C. The fraction of sp³-hybridized carbons (Fsp3) is 0.931. The third-order valence-electron chi connectivity index (χ3n) is 10.4. The van der Waals surface area contributed by atoms with E-state index in [9.17, 15) is 0 Å². The van der Waals surface area contributed by atoms with Crippen molar-refractivity contribution >= 4 is 28.1 Å². The van der Waals surface area contributed by atoms with Gasteiger partial charge >= 0.3 is 0 Å². The van der Waals surface area contributed by atoms with Gasteiger partial charge in [-0.1, -0.05) is 24.2 Å². The summed E-state index contributed by atoms with van der Waals surface area (Å²) in [5.41, 5.74) is 2.87. The van der Waals surface area contributed by atoms with Crippen LogP contribution in [-0.2, 0) is 18.5 Å². The highest BCUT2D eigenvalue weighted by Gasteiger charge is 2.64. The Kier molecular flexibility index (Phi) is 8.46. The van der Waals surface area contributed by atoms with E-state index in [2.05, 4.69) is 63.4 Å². The van der Waals surface area contributed by atoms with Crippen LogP contribution in [0.2, 0.25) is 39.3 Å². The molecule has 0 aliphatic heterocycles. The van der Waals surface area contributed by atoms with Crippen molar-refractivity contribution in [2.45, 2.75) is 111 Å². The second-order valence-electron chi connectivity index (χ2n) is 14.9. The van der Waals surface area contributed by atoms with Crippen molar-refractivity contribution in [3.05, 3.63) is 0 Å². The molecule has 0 amide bonds. The first-order chi connectivity index (χ1) is 17.2. The molecular weight excluding hydrogens is 497 g/mol. The third kappa shape index (κ3) is 5.92. The summed E-state index contributed by atoms with van der Waals surface area (Å²) in [6, 6.07) is 0. The van der Waals surface area contributed by atoms with Gasteiger partial charge in [-0.15, -0.1) is 0 Å². The molecule has 0 aromatic heterocycles. The number of fused-ring (bicyclic) bond motifs is 5. The summed E-state index contributed by atoms with van der Waals surface area (Å²) in [5, 5.41) is 9.00. The minimum Gasteiger partial charge on any atom is -0.414 e. The molecule has 4 rings (SSSR count). The van der Waals surface area contributed by atoms with Crippen molar-refractivity contribution in [3.63, 3.8) is 0 Å². The Morgan fingerprint density at radius 1 is 0.919 bits per heavy atom. The Bertz CT molecular complexity index is 882. The fourth-order valence-corrected chi connectivity index (χ4v) is 10.8. The molecule has 4 fully saturated rings. The van der Waals surface area contributed by atoms with Gasteiger partial charge in [-0.05, 0) is 125 Å². The van der Waals surface area contributed by atoms with Crippen LogP contribution < -0.4 is 0 Å². The molecule has 0 N–H and O–H groups in total. The zero-order valence-corrected chi connectivity index (χ0v) is 27.4. The van der Waals surface area contributed by atoms with Crippen LogP contribution in [0.25, 0.3) is 0 Å². The van der Waals surface area contributed by atoms with Crippen LogP contribution in [0, 0.1) is 40.4 Å². The summed E-state index contributed by atoms with van der Waals surface area (Å²) >= 11 is 0. The van der Waals surface area contributed by atoms with E-state index >= 15 is 0 Å². The first kappa shape index (κ1) is 29.3. The maximum Gasteiger partial charge on any atom is 0.184 e. The Labute approximate surface area is 228 Å². The lowest BCUT2D eigenvalue weighted by Gasteiger charge is -2.63. The van der Waals surface area contributed by atoms with Crippen molar-refractivity contribution in [3.8, 4) is 0 Å². The second-order valence-corrected chi connectivity index (χ2v) is 23.9. The van der Waals surface area contributed by atoms with Crippen molar-refractivity contribution in [1.29, 1.82) is 0 Å². The molecule has 0 bridgehead atoms. The van der Waals surface area contributed by atoms with Crippen molar-refractivity contribution in [2.24, 2.45) is 50.7 Å². The minimum atomic E-state index is -1.74. The molecule has 212 valence electrons. The largest absolute Gasteiger partial charge is 0.414 e. The first-order valence-electron chi connectivity index (χ1n) is 14.7. The van der Waals surface area contributed by atoms with Crippen molar-refractivity contribution in [1.82, 2.24) is 0 Å². The third-order valence-corrected chi connectivity index (χ3v) is 12.4. The molecule has 6 nitrogen and oxygen atoms in total. The van der Waals surface area contributed by atoms with E-state index in [0.717, 1.165) is 25.0 Å². The average molecular weight is 551 g/mol. The van der Waals surface area contributed by atoms with Crippen LogP contribution in [0.4, 0.5) is 0 Å². The number of hydrogen-bond acceptors (Lipinski definition) is 6. The van der Waals surface area contributed by atoms with Gasteiger partial charge in [0.15, 0.2) is 16.6 Å². The van der Waals surface area contributed by atoms with E-state index in [1.165, 1.54) is 37.8 Å². The predicted octanol–water partition coefficient (Wildman–Crippen LogP) is 7.33. The van der Waals surface area contributed by atoms with E-state index in [1.807, 2.05) is 0 Å². The van der Waals surface area contributed by atoms with Crippen LogP contribution in [0.1, 0.15) is 65.2 Å². The van der Waals surface area contributed by atoms with Gasteiger partial charge in [0, 0.05) is 12.0 Å². The summed E-state index contributed by atoms with van der Waals surface area (Å²) in [6.07, 6.45) is 9.89. The van der Waals surface area contributed by atoms with E-state index in [0.29, 0.717) is 47.7 Å². The van der Waals surface area contributed by atoms with E-state index in [-0.39, 0.29) is 5.41 Å². The van der Waals surface area contributed by atoms with Gasteiger partial charge in [0.2, 0.25) is 0 Å². The topological polar surface area (TPSA) is 61.6 Å². The summed E-state index contributed by atoms with van der Waals surface area (Å²) < 4.78 is 13.6. The van der Waals surface area contributed by atoms with Crippen molar-refractivity contribution in [2.75, 3.05) is 20.8 Å². The molecule has 0 aromatic rings. The van der Waals surface area contributed by atoms with Gasteiger partial charge in [0.05, 0.1) is 18.0 Å². The Morgan fingerprint density at radius 2 is 1.65 bits per heavy atom. The van der Waals surface area contributed by atoms with Crippen LogP contribution in [0.3, 0.4) is 0 Å². The molecule has 0 heterocycles. The van der Waals surface area contributed by atoms with Gasteiger partial charge in [0.25, 0.3) is 0 Å². The van der Waals surface area contributed by atoms with Crippen LogP contribution in [-0.4, -0.2) is 55.0 Å². The molecule has 37 heavy (non-hydrogen) atoms. The van der Waals surface area contributed by atoms with Gasteiger partial charge < -0.3 is 18.5 Å². The van der Waals surface area contributed by atoms with Gasteiger partial charge in [0.1, 0.15) is 14.2 Å². The monoisotopic (exact) mass is 550 g/mol. The molecule has 0 radical (unpaired) electrons. The highest BCUT2D eigenvalue weighted by Crippen LogP contribution is 2.68. The van der Waals surface area contributed by atoms with Crippen LogP contribution in [0.15, 0.2) is 10.3 Å². The van der Waals surface area contributed by atoms with E-state index in [1.54, 1.807) is 14.2 Å². The second kappa shape index (κ2) is 10.7. The quantitative estimate of drug-likeness (QED) is 0.180. The van der Waals surface area contributed by atoms with Crippen LogP contribution in [0.5, 0.6) is 0 Å². The lowest BCUT2D eigenvalue weighted by atomic mass is 9.44. The normalized spacial score (nSPS) is 41.7. The minimum absolute atomic E-state index is 0.173. The number of oxime groups is 2. The molecule has 4 saturated carbocycles. The summed E-state index contributed by atoms with van der Waals surface area (Å²) in [6.45, 7) is 19.6. The molecular formula is C29H54N2O4Si2. The van der Waals surface area contributed by atoms with Crippen molar-refractivity contribution < 1.29 is 18.5 Å². The highest BCUT2D eigenvalue weighted by atomic mass is 28.4. The molecule has 4 aliphatic carbocycles. The summed E-state index contributed by atoms with van der Waals surface area (Å²) in [4.78, 5) is 10.6. The lowest BCUT2D eigenvalue weighted by Crippen LogP contribution is -2.61. The first-order valence-corrected chi connectivity index (χ1v) is 21.5. The summed E-state index contributed by atoms with van der Waals surface area (Å²) in [7, 11) is -0.0237. The zero-order chi connectivity index (χ0) is 27.2. The van der Waals surface area contributed by atoms with Gasteiger partial charge in [-0.2, -0.15) is 0 Å². The number of hydrogen-bond donors (Lipinski definition) is 0. The van der Waals surface area contributed by atoms with Crippen LogP contribution >= 0.6 is 0 Å². The molecule has 0 saturated heterocycles. The maximum absolute atomic E-state index is 7.20. The lowest BCUT2D eigenvalue weighted by molar-refractivity contribution is -0.153. The maximum atomic E-state index is 7.20. The molecule has 8 atom stereocenters. The molecule has 8 unspecified atom stereocenters. The van der Waals surface area contributed by atoms with E-state index in [4.69, 9.17) is 18.5 Å². The van der Waals surface area contributed by atoms with E-state index < -0.39 is 16.6 Å². The molecule has 0 aromatic carbocycles. The smallest absolute Gasteiger partial charge is 0.184 e.